The van der Waals surface area contributed by atoms with Gasteiger partial charge in [0.2, 0.25) is 0 Å². The molecule has 0 bridgehead atoms. The molecule has 2 aromatic rings. The molecule has 0 aliphatic rings. The van der Waals surface area contributed by atoms with Crippen molar-refractivity contribution in [1.82, 2.24) is 0 Å². The number of phosphoric ester groups is 1. The zero-order valence-electron chi connectivity index (χ0n) is 19.7. The second kappa shape index (κ2) is 27.5. The van der Waals surface area contributed by atoms with E-state index < -0.39 is 13.8 Å². The number of carboxylic acids is 1. The number of hydrogen-bond acceptors (Lipinski definition) is 6. The Morgan fingerprint density at radius 2 is 1.38 bits per heavy atom. The van der Waals surface area contributed by atoms with E-state index in [1.54, 1.807) is 24.6 Å². The Bertz CT molecular complexity index is 687. The summed E-state index contributed by atoms with van der Waals surface area (Å²) in [6.45, 7) is 10.0. The van der Waals surface area contributed by atoms with Gasteiger partial charge in [-0.3, -0.25) is 11.0 Å². The molecule has 32 heavy (non-hydrogen) atoms. The van der Waals surface area contributed by atoms with Gasteiger partial charge in [-0.05, 0) is 12.0 Å². The molecule has 0 aliphatic carbocycles. The first-order valence-electron chi connectivity index (χ1n) is 10.2. The van der Waals surface area contributed by atoms with E-state index in [0.29, 0.717) is 12.8 Å². The average Bonchev–Trinajstić information content (AvgIpc) is 2.80. The van der Waals surface area contributed by atoms with Gasteiger partial charge in [-0.1, -0.05) is 107 Å². The number of carbonyl (C=O) groups is 1. The van der Waals surface area contributed by atoms with Gasteiger partial charge in [0.1, 0.15) is 0 Å². The van der Waals surface area contributed by atoms with Crippen LogP contribution in [-0.2, 0) is 85.5 Å². The number of carboxylic acid groups (broad SMARTS) is 1. The van der Waals surface area contributed by atoms with E-state index in [9.17, 15) is 19.4 Å². The monoisotopic (exact) mass is 615 g/mol. The largest absolute Gasteiger partial charge is 0.756 e. The minimum absolute atomic E-state index is 0. The summed E-state index contributed by atoms with van der Waals surface area (Å²) >= 11 is 0. The summed E-state index contributed by atoms with van der Waals surface area (Å²) in [6.07, 6.45) is 3.08. The maximum atomic E-state index is 11.2. The number of phosphoric acid groups is 1. The van der Waals surface area contributed by atoms with Crippen molar-refractivity contribution in [3.05, 3.63) is 78.2 Å². The van der Waals surface area contributed by atoms with Crippen LogP contribution in [0.2, 0.25) is 0 Å². The molecule has 0 N–H and O–H groups in total. The second-order valence-electron chi connectivity index (χ2n) is 5.21. The minimum Gasteiger partial charge on any atom is -0.756 e. The normalized spacial score (nSPS) is 10.6. The smallest absolute Gasteiger partial charge is 0.265 e. The molecule has 2 aromatic carbocycles. The van der Waals surface area contributed by atoms with Crippen LogP contribution in [0.15, 0.2) is 60.7 Å². The van der Waals surface area contributed by atoms with Crippen LogP contribution >= 0.6 is 7.82 Å². The van der Waals surface area contributed by atoms with E-state index in [4.69, 9.17) is 0 Å². The first-order valence-corrected chi connectivity index (χ1v) is 11.6. The molecule has 0 heterocycles. The first kappa shape index (κ1) is 39.4. The molecule has 0 saturated heterocycles. The number of hydrogen-bond donors (Lipinski definition) is 0. The zero-order chi connectivity index (χ0) is 23.3. The summed E-state index contributed by atoms with van der Waals surface area (Å²) in [7, 11) is -4.11. The van der Waals surface area contributed by atoms with Crippen molar-refractivity contribution in [2.45, 2.75) is 47.5 Å². The zero-order valence-corrected chi connectivity index (χ0v) is 26.3. The Labute approximate surface area is 244 Å². The van der Waals surface area contributed by atoms with Crippen LogP contribution in [0.1, 0.15) is 57.0 Å². The Morgan fingerprint density at radius 1 is 0.906 bits per heavy atom. The van der Waals surface area contributed by atoms with Gasteiger partial charge in [-0.25, -0.2) is 0 Å². The third-order valence-electron chi connectivity index (χ3n) is 3.04. The number of carbonyl (C=O) groups excluding carboxylic acids is 1. The molecule has 0 aromatic heterocycles. The maximum Gasteiger partial charge on any atom is 0.265 e. The third-order valence-corrected chi connectivity index (χ3v) is 4.00. The van der Waals surface area contributed by atoms with E-state index in [0.717, 1.165) is 5.56 Å². The summed E-state index contributed by atoms with van der Waals surface area (Å²) in [5.74, 6) is -1.13. The van der Waals surface area contributed by atoms with Crippen molar-refractivity contribution < 1.29 is 93.8 Å². The van der Waals surface area contributed by atoms with E-state index in [1.807, 2.05) is 65.0 Å². The summed E-state index contributed by atoms with van der Waals surface area (Å²) in [6, 6.07) is 17.8. The SMILES string of the molecule is CC.CC.CCCOP(=O)([O-])OC[CH-]Cc1ccccc1.O=C([O-])c1ccccc1.[Y].[Y]. The molecule has 0 fully saturated rings. The summed E-state index contributed by atoms with van der Waals surface area (Å²) < 4.78 is 20.4. The fourth-order valence-corrected chi connectivity index (χ4v) is 2.57. The predicted octanol–water partition coefficient (Wildman–Crippen LogP) is 4.44. The summed E-state index contributed by atoms with van der Waals surface area (Å²) in [4.78, 5) is 21.3. The van der Waals surface area contributed by atoms with Gasteiger partial charge < -0.3 is 23.8 Å². The number of aromatic carboxylic acids is 1. The molecular formula is C23H34O6PY2-3. The van der Waals surface area contributed by atoms with Gasteiger partial charge in [-0.15, -0.1) is 0 Å². The van der Waals surface area contributed by atoms with Crippen LogP contribution in [0.5, 0.6) is 0 Å². The van der Waals surface area contributed by atoms with Crippen molar-refractivity contribution in [1.29, 1.82) is 0 Å². The van der Waals surface area contributed by atoms with Gasteiger partial charge in [0.25, 0.3) is 7.82 Å². The molecule has 6 nitrogen and oxygen atoms in total. The molecule has 0 amide bonds. The van der Waals surface area contributed by atoms with Gasteiger partial charge in [0, 0.05) is 65.4 Å². The molecule has 0 aliphatic heterocycles. The van der Waals surface area contributed by atoms with Crippen LogP contribution in [0.3, 0.4) is 0 Å². The molecular weight excluding hydrogens is 581 g/mol. The molecule has 0 spiro atoms. The third kappa shape index (κ3) is 23.4. The van der Waals surface area contributed by atoms with Gasteiger partial charge in [0.05, 0.1) is 12.6 Å². The standard InChI is InChI=1S/C12H18O4P.C7H6O2.2C2H6.2Y/c1-2-10-15-17(13,14)16-11-6-9-12-7-4-3-5-8-12;8-7(9)6-4-2-1-3-5-6;2*1-2;;/h3-8H,2,9-11H2,1H3,(H,13,14);1-5H,(H,8,9);2*1-2H3;;/q-1;;;;;/p-2. The second-order valence-corrected chi connectivity index (χ2v) is 6.62. The predicted molar refractivity (Wildman–Crippen MR) is 118 cm³/mol. The topological polar surface area (TPSA) is 98.7 Å². The minimum atomic E-state index is -4.11. The number of rotatable bonds is 9. The fraction of sp³-hybridized carbons (Fsp3) is 0.391. The Kier molecular flexibility index (Phi) is 33.9. The molecule has 0 saturated carbocycles. The Morgan fingerprint density at radius 3 is 1.78 bits per heavy atom. The van der Waals surface area contributed by atoms with Crippen LogP contribution in [-0.4, -0.2) is 19.2 Å². The van der Waals surface area contributed by atoms with Crippen molar-refractivity contribution in [2.75, 3.05) is 13.2 Å². The maximum absolute atomic E-state index is 11.2. The van der Waals surface area contributed by atoms with Crippen molar-refractivity contribution in [3.63, 3.8) is 0 Å². The van der Waals surface area contributed by atoms with Gasteiger partial charge in [0.15, 0.2) is 0 Å². The van der Waals surface area contributed by atoms with E-state index in [2.05, 4.69) is 9.05 Å². The molecule has 2 rings (SSSR count). The quantitative estimate of drug-likeness (QED) is 0.235. The Hall–Kier alpha value is 0.228. The van der Waals surface area contributed by atoms with E-state index in [-0.39, 0.29) is 84.2 Å². The molecule has 2 radical (unpaired) electrons. The molecule has 1 atom stereocenters. The molecule has 9 heteroatoms. The van der Waals surface area contributed by atoms with Crippen molar-refractivity contribution >= 4 is 13.8 Å². The summed E-state index contributed by atoms with van der Waals surface area (Å²) in [5.41, 5.74) is 1.34. The van der Waals surface area contributed by atoms with Crippen molar-refractivity contribution in [2.24, 2.45) is 0 Å². The molecule has 176 valence electrons. The van der Waals surface area contributed by atoms with Gasteiger partial charge >= 0.3 is 0 Å². The van der Waals surface area contributed by atoms with E-state index >= 15 is 0 Å². The first-order chi connectivity index (χ1) is 14.4. The van der Waals surface area contributed by atoms with Gasteiger partial charge in [-0.2, -0.15) is 6.42 Å². The van der Waals surface area contributed by atoms with Crippen LogP contribution in [0.4, 0.5) is 0 Å². The van der Waals surface area contributed by atoms with Crippen LogP contribution < -0.4 is 10.00 Å². The average molecular weight is 615 g/mol. The Balaban J connectivity index is -0.000000223. The fourth-order valence-electron chi connectivity index (χ4n) is 1.80. The van der Waals surface area contributed by atoms with Crippen LogP contribution in [0, 0.1) is 6.42 Å². The van der Waals surface area contributed by atoms with Crippen molar-refractivity contribution in [3.8, 4) is 0 Å². The molecule has 1 unspecified atom stereocenters. The number of benzene rings is 2. The summed E-state index contributed by atoms with van der Waals surface area (Å²) in [5, 5.41) is 10.1. The van der Waals surface area contributed by atoms with E-state index in [1.165, 1.54) is 12.1 Å². The van der Waals surface area contributed by atoms with Crippen LogP contribution in [0.25, 0.3) is 0 Å².